The van der Waals surface area contributed by atoms with Crippen molar-refractivity contribution in [2.75, 3.05) is 39.9 Å². The second-order valence-electron chi connectivity index (χ2n) is 7.60. The number of rotatable bonds is 10. The van der Waals surface area contributed by atoms with Crippen LogP contribution in [0.2, 0.25) is 0 Å². The van der Waals surface area contributed by atoms with Crippen molar-refractivity contribution in [1.29, 1.82) is 0 Å². The number of benzene rings is 1. The first-order valence-electron chi connectivity index (χ1n) is 10.5. The highest BCUT2D eigenvalue weighted by atomic mass is 16.5. The molecule has 5 heteroatoms. The molecule has 0 saturated carbocycles. The molecular formula is C22H38N4O. The molecule has 1 aromatic rings. The number of piperidine rings is 1. The molecule has 0 aromatic heterocycles. The van der Waals surface area contributed by atoms with Gasteiger partial charge in [-0.2, -0.15) is 0 Å². The van der Waals surface area contributed by atoms with Crippen LogP contribution in [0.1, 0.15) is 45.1 Å². The van der Waals surface area contributed by atoms with Gasteiger partial charge in [0, 0.05) is 45.4 Å². The maximum atomic E-state index is 5.74. The van der Waals surface area contributed by atoms with Crippen molar-refractivity contribution in [3.05, 3.63) is 35.9 Å². The number of ether oxygens (including phenoxy) is 1. The third kappa shape index (κ3) is 8.76. The smallest absolute Gasteiger partial charge is 0.191 e. The Morgan fingerprint density at radius 3 is 2.56 bits per heavy atom. The van der Waals surface area contributed by atoms with Gasteiger partial charge in [-0.05, 0) is 51.5 Å². The lowest BCUT2D eigenvalue weighted by molar-refractivity contribution is 0.133. The molecule has 0 atom stereocenters. The number of aliphatic imine (C=N–C) groups is 1. The highest BCUT2D eigenvalue weighted by Gasteiger charge is 2.21. The molecule has 1 fully saturated rings. The third-order valence-electron chi connectivity index (χ3n) is 5.21. The van der Waals surface area contributed by atoms with Gasteiger partial charge in [0.2, 0.25) is 0 Å². The zero-order valence-corrected chi connectivity index (χ0v) is 17.4. The molecule has 0 bridgehead atoms. The Bertz CT molecular complexity index is 524. The predicted octanol–water partition coefficient (Wildman–Crippen LogP) is 3.06. The van der Waals surface area contributed by atoms with Gasteiger partial charge in [-0.1, -0.05) is 30.3 Å². The summed E-state index contributed by atoms with van der Waals surface area (Å²) < 4.78 is 5.74. The summed E-state index contributed by atoms with van der Waals surface area (Å²) in [4.78, 5) is 6.91. The molecule has 0 unspecified atom stereocenters. The minimum Gasteiger partial charge on any atom is -0.381 e. The summed E-state index contributed by atoms with van der Waals surface area (Å²) >= 11 is 0. The van der Waals surface area contributed by atoms with Crippen LogP contribution in [-0.2, 0) is 11.2 Å². The van der Waals surface area contributed by atoms with Crippen LogP contribution in [0.25, 0.3) is 0 Å². The summed E-state index contributed by atoms with van der Waals surface area (Å²) in [6.45, 7) is 9.47. The van der Waals surface area contributed by atoms with Crippen LogP contribution in [-0.4, -0.2) is 62.8 Å². The average molecular weight is 375 g/mol. The van der Waals surface area contributed by atoms with Crippen molar-refractivity contribution < 1.29 is 4.74 Å². The highest BCUT2D eigenvalue weighted by Crippen LogP contribution is 2.12. The Morgan fingerprint density at radius 1 is 1.15 bits per heavy atom. The predicted molar refractivity (Wildman–Crippen MR) is 114 cm³/mol. The van der Waals surface area contributed by atoms with Gasteiger partial charge in [0.15, 0.2) is 5.96 Å². The van der Waals surface area contributed by atoms with Gasteiger partial charge >= 0.3 is 0 Å². The Kier molecular flexibility index (Phi) is 10.2. The molecule has 2 rings (SSSR count). The van der Waals surface area contributed by atoms with E-state index in [0.717, 1.165) is 45.0 Å². The molecule has 2 N–H and O–H groups in total. The quantitative estimate of drug-likeness (QED) is 0.375. The molecule has 27 heavy (non-hydrogen) atoms. The normalized spacial score (nSPS) is 16.7. The van der Waals surface area contributed by atoms with Crippen LogP contribution in [0.5, 0.6) is 0 Å². The van der Waals surface area contributed by atoms with E-state index >= 15 is 0 Å². The number of likely N-dealkylation sites (tertiary alicyclic amines) is 1. The SMILES string of the molecule is CN=C(NCCCCOCCc1ccccc1)NC1CCN(C(C)C)CC1. The van der Waals surface area contributed by atoms with E-state index in [9.17, 15) is 0 Å². The van der Waals surface area contributed by atoms with E-state index in [0.29, 0.717) is 12.1 Å². The Balaban J connectivity index is 1.48. The Labute approximate surface area is 165 Å². The second kappa shape index (κ2) is 12.7. The standard InChI is InChI=1S/C22H38N4O/c1-19(2)26-15-11-21(12-16-26)25-22(23-3)24-14-7-8-17-27-18-13-20-9-5-4-6-10-20/h4-6,9-10,19,21H,7-8,11-18H2,1-3H3,(H2,23,24,25). The van der Waals surface area contributed by atoms with E-state index < -0.39 is 0 Å². The number of unbranched alkanes of at least 4 members (excludes halogenated alkanes) is 1. The lowest BCUT2D eigenvalue weighted by Crippen LogP contribution is -2.49. The van der Waals surface area contributed by atoms with Crippen LogP contribution in [0.15, 0.2) is 35.3 Å². The van der Waals surface area contributed by atoms with Gasteiger partial charge in [0.25, 0.3) is 0 Å². The van der Waals surface area contributed by atoms with Crippen molar-refractivity contribution in [1.82, 2.24) is 15.5 Å². The van der Waals surface area contributed by atoms with Gasteiger partial charge in [-0.15, -0.1) is 0 Å². The van der Waals surface area contributed by atoms with Crippen LogP contribution < -0.4 is 10.6 Å². The summed E-state index contributed by atoms with van der Waals surface area (Å²) in [5.41, 5.74) is 1.34. The van der Waals surface area contributed by atoms with E-state index in [4.69, 9.17) is 4.74 Å². The molecule has 1 aromatic carbocycles. The molecule has 1 saturated heterocycles. The van der Waals surface area contributed by atoms with Crippen LogP contribution in [0, 0.1) is 0 Å². The number of hydrogen-bond acceptors (Lipinski definition) is 3. The number of hydrogen-bond donors (Lipinski definition) is 2. The molecule has 0 spiro atoms. The molecule has 0 amide bonds. The van der Waals surface area contributed by atoms with E-state index in [2.05, 4.69) is 64.7 Å². The molecule has 1 aliphatic rings. The molecule has 0 aliphatic carbocycles. The van der Waals surface area contributed by atoms with Gasteiger partial charge in [-0.25, -0.2) is 0 Å². The van der Waals surface area contributed by atoms with Crippen LogP contribution in [0.4, 0.5) is 0 Å². The Morgan fingerprint density at radius 2 is 1.89 bits per heavy atom. The average Bonchev–Trinajstić information content (AvgIpc) is 2.70. The maximum Gasteiger partial charge on any atom is 0.191 e. The second-order valence-corrected chi connectivity index (χ2v) is 7.60. The maximum absolute atomic E-state index is 5.74. The first-order valence-corrected chi connectivity index (χ1v) is 10.5. The first kappa shape index (κ1) is 21.7. The monoisotopic (exact) mass is 374 g/mol. The molecule has 0 radical (unpaired) electrons. The summed E-state index contributed by atoms with van der Waals surface area (Å²) in [6.07, 6.45) is 5.54. The fourth-order valence-electron chi connectivity index (χ4n) is 3.42. The fraction of sp³-hybridized carbons (Fsp3) is 0.682. The number of nitrogens with zero attached hydrogens (tertiary/aromatic N) is 2. The topological polar surface area (TPSA) is 48.9 Å². The van der Waals surface area contributed by atoms with Crippen molar-refractivity contribution >= 4 is 5.96 Å². The van der Waals surface area contributed by atoms with E-state index in [1.54, 1.807) is 0 Å². The zero-order chi connectivity index (χ0) is 19.3. The molecule has 1 aliphatic heterocycles. The van der Waals surface area contributed by atoms with Crippen LogP contribution in [0.3, 0.4) is 0 Å². The summed E-state index contributed by atoms with van der Waals surface area (Å²) in [7, 11) is 1.85. The minimum absolute atomic E-state index is 0.535. The largest absolute Gasteiger partial charge is 0.381 e. The van der Waals surface area contributed by atoms with Crippen LogP contribution >= 0.6 is 0 Å². The first-order chi connectivity index (χ1) is 13.2. The van der Waals surface area contributed by atoms with Gasteiger partial charge in [0.1, 0.15) is 0 Å². The summed E-state index contributed by atoms with van der Waals surface area (Å²) in [5.74, 6) is 0.933. The number of guanidine groups is 1. The molecule has 152 valence electrons. The van der Waals surface area contributed by atoms with Gasteiger partial charge in [-0.3, -0.25) is 4.99 Å². The Hall–Kier alpha value is -1.59. The third-order valence-corrected chi connectivity index (χ3v) is 5.21. The minimum atomic E-state index is 0.535. The van der Waals surface area contributed by atoms with Crippen molar-refractivity contribution in [3.8, 4) is 0 Å². The molecule has 5 nitrogen and oxygen atoms in total. The van der Waals surface area contributed by atoms with E-state index in [1.165, 1.54) is 31.5 Å². The van der Waals surface area contributed by atoms with Gasteiger partial charge < -0.3 is 20.3 Å². The van der Waals surface area contributed by atoms with Crippen molar-refractivity contribution in [2.45, 2.75) is 58.0 Å². The van der Waals surface area contributed by atoms with Gasteiger partial charge in [0.05, 0.1) is 6.61 Å². The summed E-state index contributed by atoms with van der Waals surface area (Å²) in [6, 6.07) is 11.7. The number of nitrogens with one attached hydrogen (secondary N) is 2. The lowest BCUT2D eigenvalue weighted by Gasteiger charge is -2.35. The fourth-order valence-corrected chi connectivity index (χ4v) is 3.42. The highest BCUT2D eigenvalue weighted by molar-refractivity contribution is 5.79. The van der Waals surface area contributed by atoms with E-state index in [-0.39, 0.29) is 0 Å². The molecule has 1 heterocycles. The summed E-state index contributed by atoms with van der Waals surface area (Å²) in [5, 5.41) is 7.01. The van der Waals surface area contributed by atoms with E-state index in [1.807, 2.05) is 7.05 Å². The zero-order valence-electron chi connectivity index (χ0n) is 17.4. The molecular weight excluding hydrogens is 336 g/mol. The van der Waals surface area contributed by atoms with Crippen molar-refractivity contribution in [3.63, 3.8) is 0 Å². The lowest BCUT2D eigenvalue weighted by atomic mass is 10.0. The van der Waals surface area contributed by atoms with Crippen molar-refractivity contribution in [2.24, 2.45) is 4.99 Å².